The normalized spacial score (nSPS) is 22.0. The number of benzene rings is 2. The first-order valence-corrected chi connectivity index (χ1v) is 7.85. The van der Waals surface area contributed by atoms with E-state index >= 15 is 0 Å². The molecule has 4 rings (SSSR count). The van der Waals surface area contributed by atoms with Crippen molar-refractivity contribution < 1.29 is 14.2 Å². The highest BCUT2D eigenvalue weighted by Crippen LogP contribution is 2.42. The van der Waals surface area contributed by atoms with E-state index in [0.717, 1.165) is 28.4 Å². The second kappa shape index (κ2) is 5.26. The minimum absolute atomic E-state index is 0.284. The molecule has 0 aromatic heterocycles. The van der Waals surface area contributed by atoms with Crippen molar-refractivity contribution in [3.05, 3.63) is 65.1 Å². The molecule has 0 saturated carbocycles. The molecular weight excluding hydrogens is 298 g/mol. The van der Waals surface area contributed by atoms with Gasteiger partial charge in [0.15, 0.2) is 11.5 Å². The Hall–Kier alpha value is -2.11. The van der Waals surface area contributed by atoms with Crippen molar-refractivity contribution in [2.45, 2.75) is 5.54 Å². The highest BCUT2D eigenvalue weighted by atomic mass is 32.2. The largest absolute Gasteiger partial charge is 0.497 e. The van der Waals surface area contributed by atoms with Crippen LogP contribution >= 0.6 is 11.9 Å². The van der Waals surface area contributed by atoms with Crippen LogP contribution in [-0.2, 0) is 5.54 Å². The molecule has 0 aliphatic carbocycles. The van der Waals surface area contributed by atoms with Crippen LogP contribution in [-0.4, -0.2) is 13.9 Å². The van der Waals surface area contributed by atoms with Crippen LogP contribution in [0.5, 0.6) is 17.2 Å². The summed E-state index contributed by atoms with van der Waals surface area (Å²) in [4.78, 5) is 0. The first-order chi connectivity index (χ1) is 10.8. The van der Waals surface area contributed by atoms with Crippen molar-refractivity contribution in [2.75, 3.05) is 13.9 Å². The van der Waals surface area contributed by atoms with Crippen LogP contribution in [0.2, 0.25) is 0 Å². The number of ether oxygens (including phenoxy) is 3. The zero-order valence-electron chi connectivity index (χ0n) is 12.0. The summed E-state index contributed by atoms with van der Waals surface area (Å²) in [7, 11) is 1.67. The van der Waals surface area contributed by atoms with Gasteiger partial charge in [-0.05, 0) is 46.9 Å². The Morgan fingerprint density at radius 3 is 2.55 bits per heavy atom. The van der Waals surface area contributed by atoms with E-state index in [4.69, 9.17) is 14.2 Å². The van der Waals surface area contributed by atoms with Gasteiger partial charge in [0.05, 0.1) is 12.6 Å². The van der Waals surface area contributed by atoms with Gasteiger partial charge in [-0.25, -0.2) is 4.72 Å². The van der Waals surface area contributed by atoms with Crippen LogP contribution in [0.4, 0.5) is 0 Å². The van der Waals surface area contributed by atoms with Crippen molar-refractivity contribution in [3.8, 4) is 17.2 Å². The Bertz CT molecular complexity index is 729. The highest BCUT2D eigenvalue weighted by Gasteiger charge is 2.35. The first-order valence-electron chi connectivity index (χ1n) is 6.97. The summed E-state index contributed by atoms with van der Waals surface area (Å²) in [6, 6.07) is 14.2. The molecule has 0 radical (unpaired) electrons. The van der Waals surface area contributed by atoms with Crippen molar-refractivity contribution in [1.82, 2.24) is 4.72 Å². The summed E-state index contributed by atoms with van der Waals surface area (Å²) >= 11 is 1.58. The number of nitrogens with one attached hydrogen (secondary N) is 1. The minimum Gasteiger partial charge on any atom is -0.497 e. The lowest BCUT2D eigenvalue weighted by Gasteiger charge is -2.29. The maximum Gasteiger partial charge on any atom is 0.231 e. The highest BCUT2D eigenvalue weighted by molar-refractivity contribution is 8.00. The van der Waals surface area contributed by atoms with Gasteiger partial charge in [-0.1, -0.05) is 30.1 Å². The van der Waals surface area contributed by atoms with E-state index in [1.807, 2.05) is 24.3 Å². The molecule has 1 N–H and O–H groups in total. The number of hydrogen-bond acceptors (Lipinski definition) is 5. The average molecular weight is 313 g/mol. The zero-order valence-corrected chi connectivity index (χ0v) is 12.9. The fraction of sp³-hybridized carbons (Fsp3) is 0.176. The molecule has 0 saturated heterocycles. The fourth-order valence-corrected chi connectivity index (χ4v) is 3.60. The molecule has 1 atom stereocenters. The van der Waals surface area contributed by atoms with Gasteiger partial charge in [0, 0.05) is 0 Å². The summed E-state index contributed by atoms with van der Waals surface area (Å²) < 4.78 is 19.7. The lowest BCUT2D eigenvalue weighted by molar-refractivity contribution is 0.174. The Balaban J connectivity index is 1.81. The number of fused-ring (bicyclic) bond motifs is 1. The van der Waals surface area contributed by atoms with Gasteiger partial charge in [-0.3, -0.25) is 0 Å². The summed E-state index contributed by atoms with van der Waals surface area (Å²) in [6.45, 7) is 0.284. The maximum absolute atomic E-state index is 5.52. The van der Waals surface area contributed by atoms with Crippen molar-refractivity contribution in [1.29, 1.82) is 0 Å². The van der Waals surface area contributed by atoms with Crippen LogP contribution < -0.4 is 18.9 Å². The van der Waals surface area contributed by atoms with E-state index in [9.17, 15) is 0 Å². The summed E-state index contributed by atoms with van der Waals surface area (Å²) in [5, 5.41) is 2.06. The molecule has 2 aliphatic rings. The molecule has 0 spiro atoms. The molecule has 0 amide bonds. The van der Waals surface area contributed by atoms with Crippen molar-refractivity contribution in [3.63, 3.8) is 0 Å². The maximum atomic E-state index is 5.52. The Morgan fingerprint density at radius 2 is 1.82 bits per heavy atom. The summed E-state index contributed by atoms with van der Waals surface area (Å²) in [5.74, 6) is 2.43. The van der Waals surface area contributed by atoms with Gasteiger partial charge >= 0.3 is 0 Å². The third kappa shape index (κ3) is 2.05. The SMILES string of the molecule is COc1ccc(C2(c3ccc4c(c3)OCO4)C=CSN2)cc1. The molecular formula is C17H15NO3S. The van der Waals surface area contributed by atoms with Crippen LogP contribution in [0.1, 0.15) is 11.1 Å². The number of rotatable bonds is 3. The molecule has 2 aliphatic heterocycles. The van der Waals surface area contributed by atoms with Gasteiger partial charge in [-0.2, -0.15) is 0 Å². The average Bonchev–Trinajstić information content (AvgIpc) is 3.24. The standard InChI is InChI=1S/C17H15NO3S/c1-19-14-5-2-12(3-6-14)17(8-9-22-18-17)13-4-7-15-16(10-13)21-11-20-15/h2-10,18H,11H2,1H3. The zero-order chi connectivity index (χ0) is 15.0. The molecule has 2 aromatic carbocycles. The summed E-state index contributed by atoms with van der Waals surface area (Å²) in [6.07, 6.45) is 2.16. The van der Waals surface area contributed by atoms with E-state index in [0.29, 0.717) is 0 Å². The monoisotopic (exact) mass is 313 g/mol. The van der Waals surface area contributed by atoms with Crippen molar-refractivity contribution >= 4 is 11.9 Å². The Labute approximate surface area is 133 Å². The molecule has 2 heterocycles. The number of methoxy groups -OCH3 is 1. The second-order valence-electron chi connectivity index (χ2n) is 5.13. The predicted octanol–water partition coefficient (Wildman–Crippen LogP) is 3.43. The molecule has 0 fully saturated rings. The Kier molecular flexibility index (Phi) is 3.24. The first kappa shape index (κ1) is 13.5. The van der Waals surface area contributed by atoms with Gasteiger partial charge in [-0.15, -0.1) is 0 Å². The molecule has 1 unspecified atom stereocenters. The van der Waals surface area contributed by atoms with E-state index in [-0.39, 0.29) is 12.3 Å². The van der Waals surface area contributed by atoms with Gasteiger partial charge in [0.1, 0.15) is 5.75 Å². The molecule has 112 valence electrons. The van der Waals surface area contributed by atoms with E-state index < -0.39 is 0 Å². The third-order valence-corrected chi connectivity index (χ3v) is 4.69. The molecule has 5 heteroatoms. The lowest BCUT2D eigenvalue weighted by atomic mass is 9.83. The van der Waals surface area contributed by atoms with E-state index in [1.165, 1.54) is 0 Å². The predicted molar refractivity (Wildman–Crippen MR) is 86.2 cm³/mol. The van der Waals surface area contributed by atoms with Gasteiger partial charge < -0.3 is 14.2 Å². The lowest BCUT2D eigenvalue weighted by Crippen LogP contribution is -2.34. The third-order valence-electron chi connectivity index (χ3n) is 3.98. The molecule has 22 heavy (non-hydrogen) atoms. The van der Waals surface area contributed by atoms with Gasteiger partial charge in [0.2, 0.25) is 6.79 Å². The molecule has 0 bridgehead atoms. The Morgan fingerprint density at radius 1 is 1.05 bits per heavy atom. The van der Waals surface area contributed by atoms with Crippen LogP contribution in [0.3, 0.4) is 0 Å². The quantitative estimate of drug-likeness (QED) is 0.879. The molecule has 4 nitrogen and oxygen atoms in total. The van der Waals surface area contributed by atoms with Crippen LogP contribution in [0.15, 0.2) is 53.9 Å². The second-order valence-corrected chi connectivity index (χ2v) is 5.84. The van der Waals surface area contributed by atoms with E-state index in [2.05, 4.69) is 34.4 Å². The number of hydrogen-bond donors (Lipinski definition) is 1. The smallest absolute Gasteiger partial charge is 0.231 e. The topological polar surface area (TPSA) is 39.7 Å². The summed E-state index contributed by atoms with van der Waals surface area (Å²) in [5.41, 5.74) is 1.88. The van der Waals surface area contributed by atoms with Gasteiger partial charge in [0.25, 0.3) is 0 Å². The molecule has 2 aromatic rings. The minimum atomic E-state index is -0.377. The van der Waals surface area contributed by atoms with Crippen molar-refractivity contribution in [2.24, 2.45) is 0 Å². The van der Waals surface area contributed by atoms with E-state index in [1.54, 1.807) is 19.1 Å². The van der Waals surface area contributed by atoms with Crippen LogP contribution in [0.25, 0.3) is 0 Å². The fourth-order valence-electron chi connectivity index (χ4n) is 2.77. The van der Waals surface area contributed by atoms with Crippen LogP contribution in [0, 0.1) is 0 Å².